The molecule has 0 heterocycles. The molecule has 23 heavy (non-hydrogen) atoms. The number of carboxylic acid groups (broad SMARTS) is 1. The molecule has 0 saturated carbocycles. The first-order chi connectivity index (χ1) is 10.8. The van der Waals surface area contributed by atoms with Crippen LogP contribution in [-0.4, -0.2) is 23.0 Å². The Labute approximate surface area is 133 Å². The molecular weight excluding hydrogens is 301 g/mol. The van der Waals surface area contributed by atoms with E-state index in [1.807, 2.05) is 13.8 Å². The molecule has 1 atom stereocenters. The fourth-order valence-electron chi connectivity index (χ4n) is 1.81. The van der Waals surface area contributed by atoms with Gasteiger partial charge in [0.15, 0.2) is 0 Å². The maximum absolute atomic E-state index is 13.5. The first kappa shape index (κ1) is 18.2. The van der Waals surface area contributed by atoms with Crippen molar-refractivity contribution in [2.24, 2.45) is 5.92 Å². The molecule has 0 aliphatic rings. The summed E-state index contributed by atoms with van der Waals surface area (Å²) in [4.78, 5) is 23.1. The predicted molar refractivity (Wildman–Crippen MR) is 82.7 cm³/mol. The van der Waals surface area contributed by atoms with Gasteiger partial charge in [-0.25, -0.2) is 9.18 Å². The van der Waals surface area contributed by atoms with Crippen molar-refractivity contribution in [2.45, 2.75) is 26.3 Å². The van der Waals surface area contributed by atoms with Crippen LogP contribution in [0.1, 0.15) is 20.3 Å². The number of halogens is 1. The third-order valence-corrected chi connectivity index (χ3v) is 2.92. The molecule has 122 valence electrons. The maximum atomic E-state index is 13.5. The lowest BCUT2D eigenvalue weighted by Gasteiger charge is -2.16. The van der Waals surface area contributed by atoms with Crippen LogP contribution in [0.3, 0.4) is 0 Å². The lowest BCUT2D eigenvalue weighted by atomic mass is 10.0. The van der Waals surface area contributed by atoms with Gasteiger partial charge >= 0.3 is 5.97 Å². The molecule has 0 saturated heterocycles. The van der Waals surface area contributed by atoms with Crippen LogP contribution < -0.4 is 10.6 Å². The average Bonchev–Trinajstić information content (AvgIpc) is 2.48. The number of nitriles is 1. The highest BCUT2D eigenvalue weighted by Gasteiger charge is 2.22. The first-order valence-corrected chi connectivity index (χ1v) is 7.00. The van der Waals surface area contributed by atoms with Gasteiger partial charge in [0.2, 0.25) is 0 Å². The van der Waals surface area contributed by atoms with Gasteiger partial charge in [-0.1, -0.05) is 26.0 Å². The summed E-state index contributed by atoms with van der Waals surface area (Å²) in [5.74, 6) is -2.48. The summed E-state index contributed by atoms with van der Waals surface area (Å²) in [7, 11) is 0. The van der Waals surface area contributed by atoms with Crippen LogP contribution in [0.4, 0.5) is 10.1 Å². The Hall–Kier alpha value is -2.88. The van der Waals surface area contributed by atoms with Crippen molar-refractivity contribution in [1.82, 2.24) is 5.32 Å². The van der Waals surface area contributed by atoms with Crippen molar-refractivity contribution in [2.75, 3.05) is 5.32 Å². The third kappa shape index (κ3) is 5.79. The topological polar surface area (TPSA) is 102 Å². The van der Waals surface area contributed by atoms with E-state index in [1.165, 1.54) is 18.2 Å². The summed E-state index contributed by atoms with van der Waals surface area (Å²) >= 11 is 0. The van der Waals surface area contributed by atoms with Gasteiger partial charge in [-0.2, -0.15) is 5.26 Å². The number of anilines is 1. The second-order valence-electron chi connectivity index (χ2n) is 5.29. The van der Waals surface area contributed by atoms with Gasteiger partial charge in [0.25, 0.3) is 5.91 Å². The minimum absolute atomic E-state index is 0.0578. The molecule has 0 radical (unpaired) electrons. The molecule has 3 N–H and O–H groups in total. The molecule has 0 aliphatic carbocycles. The molecule has 0 bridgehead atoms. The standard InChI is InChI=1S/C16H18FN3O3/c1-10(2)7-14(16(22)23)20-15(21)11(8-18)9-19-13-6-4-3-5-12(13)17/h3-6,9-10,14,19H,7H2,1-2H3,(H,20,21)(H,22,23)/b11-9-. The van der Waals surface area contributed by atoms with E-state index >= 15 is 0 Å². The van der Waals surface area contributed by atoms with Gasteiger partial charge in [-0.05, 0) is 24.5 Å². The molecule has 0 aromatic heterocycles. The normalized spacial score (nSPS) is 12.4. The number of hydrogen-bond donors (Lipinski definition) is 3. The number of para-hydroxylation sites is 1. The van der Waals surface area contributed by atoms with E-state index in [9.17, 15) is 14.0 Å². The zero-order valence-electron chi connectivity index (χ0n) is 12.8. The molecule has 0 aliphatic heterocycles. The Bertz CT molecular complexity index is 650. The lowest BCUT2D eigenvalue weighted by molar-refractivity contribution is -0.141. The monoisotopic (exact) mass is 319 g/mol. The van der Waals surface area contributed by atoms with Gasteiger partial charge < -0.3 is 15.7 Å². The number of carbonyl (C=O) groups is 2. The largest absolute Gasteiger partial charge is 0.480 e. The number of nitrogens with zero attached hydrogens (tertiary/aromatic N) is 1. The number of nitrogens with one attached hydrogen (secondary N) is 2. The van der Waals surface area contributed by atoms with Crippen molar-refractivity contribution in [3.8, 4) is 6.07 Å². The van der Waals surface area contributed by atoms with Crippen LogP contribution in [0.25, 0.3) is 0 Å². The quantitative estimate of drug-likeness (QED) is 0.528. The lowest BCUT2D eigenvalue weighted by Crippen LogP contribution is -2.42. The smallest absolute Gasteiger partial charge is 0.326 e. The second kappa shape index (κ2) is 8.54. The molecular formula is C16H18FN3O3. The number of carbonyl (C=O) groups excluding carboxylic acids is 1. The summed E-state index contributed by atoms with van der Waals surface area (Å²) in [5, 5.41) is 22.9. The molecule has 1 amide bonds. The molecule has 1 aromatic carbocycles. The number of rotatable bonds is 7. The van der Waals surface area contributed by atoms with Crippen molar-refractivity contribution in [1.29, 1.82) is 5.26 Å². The van der Waals surface area contributed by atoms with Crippen molar-refractivity contribution >= 4 is 17.6 Å². The summed E-state index contributed by atoms with van der Waals surface area (Å²) in [5.41, 5.74) is -0.242. The fraction of sp³-hybridized carbons (Fsp3) is 0.312. The van der Waals surface area contributed by atoms with Crippen LogP contribution in [0.2, 0.25) is 0 Å². The highest BCUT2D eigenvalue weighted by molar-refractivity contribution is 5.99. The van der Waals surface area contributed by atoms with Gasteiger partial charge in [-0.3, -0.25) is 4.79 Å². The van der Waals surface area contributed by atoms with Crippen LogP contribution in [0.15, 0.2) is 36.0 Å². The number of aliphatic carboxylic acids is 1. The van der Waals surface area contributed by atoms with Crippen molar-refractivity contribution in [3.63, 3.8) is 0 Å². The summed E-state index contributed by atoms with van der Waals surface area (Å²) < 4.78 is 13.5. The predicted octanol–water partition coefficient (Wildman–Crippen LogP) is 2.26. The van der Waals surface area contributed by atoms with Crippen molar-refractivity contribution in [3.05, 3.63) is 41.9 Å². The van der Waals surface area contributed by atoms with Crippen LogP contribution >= 0.6 is 0 Å². The zero-order valence-corrected chi connectivity index (χ0v) is 12.8. The molecule has 1 rings (SSSR count). The molecule has 1 unspecified atom stereocenters. The molecule has 0 spiro atoms. The van der Waals surface area contributed by atoms with E-state index in [0.717, 1.165) is 6.20 Å². The third-order valence-electron chi connectivity index (χ3n) is 2.92. The van der Waals surface area contributed by atoms with Crippen LogP contribution in [-0.2, 0) is 9.59 Å². The van der Waals surface area contributed by atoms with Gasteiger partial charge in [0.05, 0.1) is 5.69 Å². The molecule has 0 fully saturated rings. The molecule has 1 aromatic rings. The Morgan fingerprint density at radius 2 is 2.04 bits per heavy atom. The van der Waals surface area contributed by atoms with E-state index in [2.05, 4.69) is 10.6 Å². The number of benzene rings is 1. The zero-order chi connectivity index (χ0) is 17.4. The van der Waals surface area contributed by atoms with Crippen LogP contribution in [0.5, 0.6) is 0 Å². The Morgan fingerprint density at radius 1 is 1.39 bits per heavy atom. The number of carboxylic acids is 1. The van der Waals surface area contributed by atoms with Gasteiger partial charge in [0.1, 0.15) is 23.5 Å². The van der Waals surface area contributed by atoms with Crippen LogP contribution in [0, 0.1) is 23.1 Å². The fourth-order valence-corrected chi connectivity index (χ4v) is 1.81. The molecule has 6 nitrogen and oxygen atoms in total. The maximum Gasteiger partial charge on any atom is 0.326 e. The highest BCUT2D eigenvalue weighted by Crippen LogP contribution is 2.13. The number of amides is 1. The highest BCUT2D eigenvalue weighted by atomic mass is 19.1. The van der Waals surface area contributed by atoms with Gasteiger partial charge in [0, 0.05) is 6.20 Å². The summed E-state index contributed by atoms with van der Waals surface area (Å²) in [6.45, 7) is 3.64. The molecule has 7 heteroatoms. The SMILES string of the molecule is CC(C)CC(NC(=O)/C(C#N)=C\Nc1ccccc1F)C(=O)O. The minimum Gasteiger partial charge on any atom is -0.480 e. The van der Waals surface area contributed by atoms with E-state index in [0.29, 0.717) is 0 Å². The van der Waals surface area contributed by atoms with E-state index in [4.69, 9.17) is 10.4 Å². The Morgan fingerprint density at radius 3 is 2.57 bits per heavy atom. The van der Waals surface area contributed by atoms with E-state index in [1.54, 1.807) is 12.1 Å². The Balaban J connectivity index is 2.82. The summed E-state index contributed by atoms with van der Waals surface area (Å²) in [6, 6.07) is 6.34. The minimum atomic E-state index is -1.17. The Kier molecular flexibility index (Phi) is 6.74. The van der Waals surface area contributed by atoms with E-state index < -0.39 is 23.7 Å². The van der Waals surface area contributed by atoms with Gasteiger partial charge in [-0.15, -0.1) is 0 Å². The van der Waals surface area contributed by atoms with E-state index in [-0.39, 0.29) is 23.6 Å². The second-order valence-corrected chi connectivity index (χ2v) is 5.29. The average molecular weight is 319 g/mol. The number of hydrogen-bond acceptors (Lipinski definition) is 4. The summed E-state index contributed by atoms with van der Waals surface area (Å²) in [6.07, 6.45) is 1.28. The first-order valence-electron chi connectivity index (χ1n) is 7.00. The van der Waals surface area contributed by atoms with Crippen molar-refractivity contribution < 1.29 is 19.1 Å².